The summed E-state index contributed by atoms with van der Waals surface area (Å²) < 4.78 is 14.8. The fourth-order valence-electron chi connectivity index (χ4n) is 3.15. The molecule has 0 radical (unpaired) electrons. The van der Waals surface area contributed by atoms with Crippen LogP contribution in [0, 0.1) is 19.7 Å². The zero-order valence-corrected chi connectivity index (χ0v) is 15.0. The average molecular weight is 363 g/mol. The third-order valence-electron chi connectivity index (χ3n) is 4.44. The number of aromatic amines is 1. The number of para-hydroxylation sites is 2. The Morgan fingerprint density at radius 2 is 1.89 bits per heavy atom. The number of fused-ring (bicyclic) bond motifs is 1. The number of carbonyl (C=O) groups excluding carboxylic acids is 1. The predicted octanol–water partition coefficient (Wildman–Crippen LogP) is 3.43. The van der Waals surface area contributed by atoms with Gasteiger partial charge in [-0.25, -0.2) is 14.1 Å². The normalized spacial score (nSPS) is 11.1. The zero-order valence-electron chi connectivity index (χ0n) is 15.0. The number of halogens is 1. The lowest BCUT2D eigenvalue weighted by molar-refractivity contribution is 0.0948. The van der Waals surface area contributed by atoms with Crippen LogP contribution in [0.3, 0.4) is 0 Å². The predicted molar refractivity (Wildman–Crippen MR) is 100 cm³/mol. The van der Waals surface area contributed by atoms with Crippen LogP contribution in [0.15, 0.2) is 48.5 Å². The van der Waals surface area contributed by atoms with Crippen molar-refractivity contribution in [3.05, 3.63) is 77.1 Å². The fourth-order valence-corrected chi connectivity index (χ4v) is 3.15. The molecule has 1 amide bonds. The van der Waals surface area contributed by atoms with Gasteiger partial charge in [0.2, 0.25) is 0 Å². The summed E-state index contributed by atoms with van der Waals surface area (Å²) in [5.41, 5.74) is 4.31. The number of aryl methyl sites for hydroxylation is 1. The molecule has 0 atom stereocenters. The number of hydrogen-bond donors (Lipinski definition) is 2. The lowest BCUT2D eigenvalue weighted by Gasteiger charge is -2.06. The minimum absolute atomic E-state index is 0.223. The van der Waals surface area contributed by atoms with Crippen LogP contribution in [0.1, 0.15) is 27.6 Å². The Hall–Kier alpha value is -3.48. The van der Waals surface area contributed by atoms with Crippen molar-refractivity contribution in [1.29, 1.82) is 0 Å². The largest absolute Gasteiger partial charge is 0.345 e. The van der Waals surface area contributed by atoms with Crippen LogP contribution >= 0.6 is 0 Å². The number of hydrogen-bond acceptors (Lipinski definition) is 3. The molecule has 2 aromatic heterocycles. The number of nitrogens with one attached hydrogen (secondary N) is 2. The first-order chi connectivity index (χ1) is 13.0. The van der Waals surface area contributed by atoms with Crippen molar-refractivity contribution in [1.82, 2.24) is 25.1 Å². The van der Waals surface area contributed by atoms with Gasteiger partial charge < -0.3 is 10.3 Å². The van der Waals surface area contributed by atoms with Crippen LogP contribution in [-0.4, -0.2) is 25.7 Å². The minimum atomic E-state index is -0.316. The maximum atomic E-state index is 13.2. The van der Waals surface area contributed by atoms with Crippen LogP contribution in [0.25, 0.3) is 16.7 Å². The van der Waals surface area contributed by atoms with Crippen LogP contribution in [0.4, 0.5) is 4.39 Å². The molecule has 7 heteroatoms. The van der Waals surface area contributed by atoms with E-state index >= 15 is 0 Å². The molecule has 0 saturated heterocycles. The van der Waals surface area contributed by atoms with Crippen LogP contribution in [0.5, 0.6) is 0 Å². The van der Waals surface area contributed by atoms with Crippen LogP contribution < -0.4 is 5.32 Å². The van der Waals surface area contributed by atoms with Gasteiger partial charge in [0.15, 0.2) is 0 Å². The van der Waals surface area contributed by atoms with Crippen molar-refractivity contribution in [2.24, 2.45) is 0 Å². The SMILES string of the molecule is Cc1nn(-c2ccc(F)cc2)c(C)c1C(=O)NCc1nc2ccccc2[nH]1. The molecule has 0 bridgehead atoms. The van der Waals surface area contributed by atoms with Gasteiger partial charge in [-0.1, -0.05) is 12.1 Å². The smallest absolute Gasteiger partial charge is 0.255 e. The number of imidazole rings is 1. The Bertz CT molecular complexity index is 1090. The molecule has 4 rings (SSSR count). The van der Waals surface area contributed by atoms with E-state index in [-0.39, 0.29) is 18.3 Å². The highest BCUT2D eigenvalue weighted by Gasteiger charge is 2.19. The number of rotatable bonds is 4. The third kappa shape index (κ3) is 3.19. The van der Waals surface area contributed by atoms with E-state index in [1.807, 2.05) is 31.2 Å². The lowest BCUT2D eigenvalue weighted by atomic mass is 10.2. The molecule has 6 nitrogen and oxygen atoms in total. The highest BCUT2D eigenvalue weighted by molar-refractivity contribution is 5.96. The lowest BCUT2D eigenvalue weighted by Crippen LogP contribution is -2.24. The molecule has 0 aliphatic carbocycles. The maximum absolute atomic E-state index is 13.2. The molecule has 0 spiro atoms. The highest BCUT2D eigenvalue weighted by Crippen LogP contribution is 2.18. The Morgan fingerprint density at radius 1 is 1.15 bits per heavy atom. The molecule has 2 N–H and O–H groups in total. The fraction of sp³-hybridized carbons (Fsp3) is 0.150. The number of H-pyrrole nitrogens is 1. The first-order valence-corrected chi connectivity index (χ1v) is 8.57. The van der Waals surface area contributed by atoms with Gasteiger partial charge in [0.1, 0.15) is 11.6 Å². The van der Waals surface area contributed by atoms with E-state index in [9.17, 15) is 9.18 Å². The molecule has 4 aromatic rings. The number of amides is 1. The molecule has 0 saturated carbocycles. The second-order valence-corrected chi connectivity index (χ2v) is 6.32. The van der Waals surface area contributed by atoms with Crippen molar-refractivity contribution in [3.8, 4) is 5.69 Å². The molecular formula is C20H18FN5O. The summed E-state index contributed by atoms with van der Waals surface area (Å²) in [6, 6.07) is 13.7. The van der Waals surface area contributed by atoms with Gasteiger partial charge in [-0.2, -0.15) is 5.10 Å². The first kappa shape index (κ1) is 17.0. The summed E-state index contributed by atoms with van der Waals surface area (Å²) >= 11 is 0. The van der Waals surface area contributed by atoms with Gasteiger partial charge in [0.05, 0.1) is 40.2 Å². The Morgan fingerprint density at radius 3 is 2.63 bits per heavy atom. The molecule has 0 aliphatic rings. The Labute approximate surface area is 155 Å². The second-order valence-electron chi connectivity index (χ2n) is 6.32. The van der Waals surface area contributed by atoms with Crippen molar-refractivity contribution >= 4 is 16.9 Å². The summed E-state index contributed by atoms with van der Waals surface area (Å²) in [5, 5.41) is 7.32. The molecule has 2 heterocycles. The highest BCUT2D eigenvalue weighted by atomic mass is 19.1. The summed E-state index contributed by atoms with van der Waals surface area (Å²) in [6.45, 7) is 3.89. The first-order valence-electron chi connectivity index (χ1n) is 8.57. The summed E-state index contributed by atoms with van der Waals surface area (Å²) in [4.78, 5) is 20.4. The number of nitrogens with zero attached hydrogens (tertiary/aromatic N) is 3. The van der Waals surface area contributed by atoms with E-state index < -0.39 is 0 Å². The monoisotopic (exact) mass is 363 g/mol. The van der Waals surface area contributed by atoms with E-state index in [1.165, 1.54) is 12.1 Å². The minimum Gasteiger partial charge on any atom is -0.345 e. The number of carbonyl (C=O) groups is 1. The van der Waals surface area contributed by atoms with E-state index in [0.29, 0.717) is 28.5 Å². The molecule has 136 valence electrons. The summed E-state index contributed by atoms with van der Waals surface area (Å²) in [7, 11) is 0. The van der Waals surface area contributed by atoms with Crippen molar-refractivity contribution in [2.45, 2.75) is 20.4 Å². The topological polar surface area (TPSA) is 75.6 Å². The van der Waals surface area contributed by atoms with Crippen molar-refractivity contribution < 1.29 is 9.18 Å². The molecule has 0 fully saturated rings. The Balaban J connectivity index is 1.55. The molecule has 0 aliphatic heterocycles. The second kappa shape index (κ2) is 6.68. The van der Waals surface area contributed by atoms with Gasteiger partial charge in [-0.05, 0) is 50.2 Å². The maximum Gasteiger partial charge on any atom is 0.255 e. The van der Waals surface area contributed by atoms with Crippen LogP contribution in [0.2, 0.25) is 0 Å². The van der Waals surface area contributed by atoms with Crippen molar-refractivity contribution in [3.63, 3.8) is 0 Å². The average Bonchev–Trinajstić information content (AvgIpc) is 3.20. The van der Waals surface area contributed by atoms with Gasteiger partial charge in [-0.15, -0.1) is 0 Å². The van der Waals surface area contributed by atoms with E-state index in [2.05, 4.69) is 20.4 Å². The van der Waals surface area contributed by atoms with E-state index in [0.717, 1.165) is 11.0 Å². The van der Waals surface area contributed by atoms with Crippen molar-refractivity contribution in [2.75, 3.05) is 0 Å². The quantitative estimate of drug-likeness (QED) is 0.583. The van der Waals surface area contributed by atoms with Crippen LogP contribution in [-0.2, 0) is 6.54 Å². The van der Waals surface area contributed by atoms with E-state index in [4.69, 9.17) is 0 Å². The summed E-state index contributed by atoms with van der Waals surface area (Å²) in [6.07, 6.45) is 0. The number of aromatic nitrogens is 4. The van der Waals surface area contributed by atoms with Gasteiger partial charge >= 0.3 is 0 Å². The van der Waals surface area contributed by atoms with Gasteiger partial charge in [-0.3, -0.25) is 4.79 Å². The van der Waals surface area contributed by atoms with Gasteiger partial charge in [0, 0.05) is 0 Å². The van der Waals surface area contributed by atoms with Gasteiger partial charge in [0.25, 0.3) is 5.91 Å². The third-order valence-corrected chi connectivity index (χ3v) is 4.44. The standard InChI is InChI=1S/C20H18FN5O/c1-12-19(13(2)26(25-12)15-9-7-14(21)8-10-15)20(27)22-11-18-23-16-5-3-4-6-17(16)24-18/h3-10H,11H2,1-2H3,(H,22,27)(H,23,24). The number of benzene rings is 2. The zero-order chi connectivity index (χ0) is 19.0. The molecule has 2 aromatic carbocycles. The summed E-state index contributed by atoms with van der Waals surface area (Å²) in [5.74, 6) is 0.147. The van der Waals surface area contributed by atoms with E-state index in [1.54, 1.807) is 23.7 Å². The Kier molecular flexibility index (Phi) is 4.19. The molecule has 0 unspecified atom stereocenters. The molecular weight excluding hydrogens is 345 g/mol. The molecule has 27 heavy (non-hydrogen) atoms.